The van der Waals surface area contributed by atoms with Crippen LogP contribution in [0.25, 0.3) is 11.0 Å². The second-order valence-corrected chi connectivity index (χ2v) is 7.62. The maximum atomic E-state index is 13.0. The Labute approximate surface area is 179 Å². The van der Waals surface area contributed by atoms with Gasteiger partial charge in [-0.1, -0.05) is 6.07 Å². The molecule has 3 heterocycles. The van der Waals surface area contributed by atoms with Crippen LogP contribution in [0.15, 0.2) is 41.4 Å². The van der Waals surface area contributed by atoms with Crippen molar-refractivity contribution in [3.05, 3.63) is 41.4 Å². The van der Waals surface area contributed by atoms with Gasteiger partial charge in [0.05, 0.1) is 5.39 Å². The third-order valence-electron chi connectivity index (χ3n) is 4.66. The second kappa shape index (κ2) is 8.57. The number of pyridine rings is 1. The van der Waals surface area contributed by atoms with Crippen molar-refractivity contribution in [2.24, 2.45) is 0 Å². The van der Waals surface area contributed by atoms with E-state index in [1.165, 1.54) is 6.33 Å². The summed E-state index contributed by atoms with van der Waals surface area (Å²) in [6.45, 7) is -0.0240. The van der Waals surface area contributed by atoms with E-state index in [0.717, 1.165) is 12.8 Å². The first-order valence-electron chi connectivity index (χ1n) is 9.27. The molecule has 1 saturated carbocycles. The Morgan fingerprint density at radius 1 is 1.27 bits per heavy atom. The summed E-state index contributed by atoms with van der Waals surface area (Å²) >= 11 is 3.26. The van der Waals surface area contributed by atoms with Crippen LogP contribution < -0.4 is 10.6 Å². The van der Waals surface area contributed by atoms with E-state index in [4.69, 9.17) is 0 Å². The SMILES string of the molecule is O=CNc1ncnc2c1ccn2CC(=O)N(CC(=O)Nc1cccc(Br)n1)C1CC1. The molecule has 0 radical (unpaired) electrons. The normalized spacial score (nSPS) is 13.1. The zero-order valence-electron chi connectivity index (χ0n) is 15.8. The molecule has 0 bridgehead atoms. The van der Waals surface area contributed by atoms with Crippen LogP contribution in [0, 0.1) is 0 Å². The number of rotatable bonds is 8. The third kappa shape index (κ3) is 4.46. The van der Waals surface area contributed by atoms with E-state index in [1.54, 1.807) is 39.9 Å². The molecular formula is C19H18BrN7O3. The summed E-state index contributed by atoms with van der Waals surface area (Å²) in [4.78, 5) is 50.2. The number of carbonyl (C=O) groups excluding carboxylic acids is 3. The van der Waals surface area contributed by atoms with Crippen molar-refractivity contribution in [2.45, 2.75) is 25.4 Å². The summed E-state index contributed by atoms with van der Waals surface area (Å²) in [5.41, 5.74) is 0.529. The summed E-state index contributed by atoms with van der Waals surface area (Å²) < 4.78 is 2.29. The number of aromatic nitrogens is 4. The van der Waals surface area contributed by atoms with Gasteiger partial charge in [-0.15, -0.1) is 0 Å². The summed E-state index contributed by atoms with van der Waals surface area (Å²) in [7, 11) is 0. The van der Waals surface area contributed by atoms with Crippen molar-refractivity contribution in [2.75, 3.05) is 17.2 Å². The minimum Gasteiger partial charge on any atom is -0.329 e. The van der Waals surface area contributed by atoms with E-state index in [0.29, 0.717) is 33.7 Å². The second-order valence-electron chi connectivity index (χ2n) is 6.81. The highest BCUT2D eigenvalue weighted by molar-refractivity contribution is 9.10. The molecule has 30 heavy (non-hydrogen) atoms. The minimum atomic E-state index is -0.307. The lowest BCUT2D eigenvalue weighted by Crippen LogP contribution is -2.41. The van der Waals surface area contributed by atoms with Gasteiger partial charge in [-0.25, -0.2) is 15.0 Å². The molecule has 0 aromatic carbocycles. The van der Waals surface area contributed by atoms with E-state index in [2.05, 4.69) is 41.5 Å². The molecule has 3 aromatic heterocycles. The van der Waals surface area contributed by atoms with Crippen molar-refractivity contribution in [3.8, 4) is 0 Å². The van der Waals surface area contributed by atoms with Crippen molar-refractivity contribution in [1.29, 1.82) is 0 Å². The fourth-order valence-corrected chi connectivity index (χ4v) is 3.50. The number of halogens is 1. The van der Waals surface area contributed by atoms with E-state index in [-0.39, 0.29) is 30.9 Å². The molecule has 1 fully saturated rings. The van der Waals surface area contributed by atoms with Gasteiger partial charge in [0.25, 0.3) is 0 Å². The topological polar surface area (TPSA) is 122 Å². The van der Waals surface area contributed by atoms with E-state index < -0.39 is 0 Å². The summed E-state index contributed by atoms with van der Waals surface area (Å²) in [5, 5.41) is 5.87. The van der Waals surface area contributed by atoms with Crippen LogP contribution in [0.2, 0.25) is 0 Å². The molecule has 0 saturated heterocycles. The third-order valence-corrected chi connectivity index (χ3v) is 5.10. The molecule has 2 N–H and O–H groups in total. The Bertz CT molecular complexity index is 1110. The van der Waals surface area contributed by atoms with Crippen molar-refractivity contribution in [3.63, 3.8) is 0 Å². The lowest BCUT2D eigenvalue weighted by Gasteiger charge is -2.22. The van der Waals surface area contributed by atoms with Crippen molar-refractivity contribution in [1.82, 2.24) is 24.4 Å². The molecule has 3 aromatic rings. The predicted molar refractivity (Wildman–Crippen MR) is 113 cm³/mol. The Morgan fingerprint density at radius 2 is 2.10 bits per heavy atom. The first kappa shape index (κ1) is 20.0. The first-order chi connectivity index (χ1) is 14.5. The maximum absolute atomic E-state index is 13.0. The van der Waals surface area contributed by atoms with Gasteiger partial charge in [-0.05, 0) is 47.0 Å². The standard InChI is InChI=1S/C19H18BrN7O3/c20-14-2-1-3-15(24-14)25-16(29)8-27(12-4-5-12)17(30)9-26-7-6-13-18(23-11-28)21-10-22-19(13)26/h1-3,6-7,10-12H,4-5,8-9H2,(H,24,25,29)(H,21,22,23,28). The molecule has 3 amide bonds. The number of hydrogen-bond acceptors (Lipinski definition) is 6. The molecule has 10 nitrogen and oxygen atoms in total. The molecular weight excluding hydrogens is 454 g/mol. The fourth-order valence-electron chi connectivity index (χ4n) is 3.16. The van der Waals surface area contributed by atoms with Crippen LogP contribution in [0.3, 0.4) is 0 Å². The quantitative estimate of drug-likeness (QED) is 0.381. The van der Waals surface area contributed by atoms with Gasteiger partial charge >= 0.3 is 0 Å². The number of anilines is 2. The molecule has 1 aliphatic rings. The van der Waals surface area contributed by atoms with Gasteiger partial charge in [0.1, 0.15) is 41.3 Å². The van der Waals surface area contributed by atoms with E-state index in [1.807, 2.05) is 0 Å². The fraction of sp³-hybridized carbons (Fsp3) is 0.263. The van der Waals surface area contributed by atoms with Crippen LogP contribution in [-0.2, 0) is 20.9 Å². The molecule has 1 aliphatic carbocycles. The smallest absolute Gasteiger partial charge is 0.245 e. The highest BCUT2D eigenvalue weighted by Gasteiger charge is 2.34. The van der Waals surface area contributed by atoms with Crippen LogP contribution in [-0.4, -0.2) is 55.2 Å². The average molecular weight is 472 g/mol. The largest absolute Gasteiger partial charge is 0.329 e. The molecule has 0 spiro atoms. The molecule has 154 valence electrons. The Kier molecular flexibility index (Phi) is 5.70. The number of carbonyl (C=O) groups is 3. The van der Waals surface area contributed by atoms with E-state index in [9.17, 15) is 14.4 Å². The van der Waals surface area contributed by atoms with Gasteiger partial charge in [0.15, 0.2) is 0 Å². The molecule has 0 unspecified atom stereocenters. The summed E-state index contributed by atoms with van der Waals surface area (Å²) in [5.74, 6) is 0.302. The number of nitrogens with one attached hydrogen (secondary N) is 2. The first-order valence-corrected chi connectivity index (χ1v) is 10.1. The highest BCUT2D eigenvalue weighted by Crippen LogP contribution is 2.27. The van der Waals surface area contributed by atoms with Crippen LogP contribution >= 0.6 is 15.9 Å². The highest BCUT2D eigenvalue weighted by atomic mass is 79.9. The lowest BCUT2D eigenvalue weighted by atomic mass is 10.3. The molecule has 0 atom stereocenters. The van der Waals surface area contributed by atoms with Gasteiger partial charge in [-0.3, -0.25) is 14.4 Å². The monoisotopic (exact) mass is 471 g/mol. The predicted octanol–water partition coefficient (Wildman–Crippen LogP) is 1.79. The number of fused-ring (bicyclic) bond motifs is 1. The zero-order valence-corrected chi connectivity index (χ0v) is 17.4. The molecule has 11 heteroatoms. The molecule has 4 rings (SSSR count). The minimum absolute atomic E-state index is 0.0277. The van der Waals surface area contributed by atoms with Crippen LogP contribution in [0.5, 0.6) is 0 Å². The maximum Gasteiger partial charge on any atom is 0.245 e. The Balaban J connectivity index is 1.47. The van der Waals surface area contributed by atoms with Gasteiger partial charge in [0, 0.05) is 12.2 Å². The average Bonchev–Trinajstić information content (AvgIpc) is 3.48. The zero-order chi connectivity index (χ0) is 21.1. The number of amides is 3. The summed E-state index contributed by atoms with van der Waals surface area (Å²) in [6.07, 6.45) is 5.32. The van der Waals surface area contributed by atoms with Crippen LogP contribution in [0.4, 0.5) is 11.6 Å². The van der Waals surface area contributed by atoms with Gasteiger partial charge in [-0.2, -0.15) is 0 Å². The Hall–Kier alpha value is -3.34. The number of nitrogens with zero attached hydrogens (tertiary/aromatic N) is 5. The van der Waals surface area contributed by atoms with Crippen molar-refractivity contribution >= 4 is 56.8 Å². The van der Waals surface area contributed by atoms with E-state index >= 15 is 0 Å². The lowest BCUT2D eigenvalue weighted by molar-refractivity contribution is -0.135. The van der Waals surface area contributed by atoms with Crippen LogP contribution in [0.1, 0.15) is 12.8 Å². The number of hydrogen-bond donors (Lipinski definition) is 2. The Morgan fingerprint density at radius 3 is 2.83 bits per heavy atom. The molecule has 0 aliphatic heterocycles. The van der Waals surface area contributed by atoms with Crippen molar-refractivity contribution < 1.29 is 14.4 Å². The summed E-state index contributed by atoms with van der Waals surface area (Å²) in [6, 6.07) is 7.01. The van der Waals surface area contributed by atoms with Gasteiger partial charge < -0.3 is 20.1 Å². The van der Waals surface area contributed by atoms with Gasteiger partial charge in [0.2, 0.25) is 18.2 Å².